The smallest absolute Gasteiger partial charge is 0.249 e. The molecule has 2 N–H and O–H groups in total. The van der Waals surface area contributed by atoms with E-state index >= 15 is 0 Å². The van der Waals surface area contributed by atoms with Crippen LogP contribution in [0.1, 0.15) is 13.8 Å². The van der Waals surface area contributed by atoms with Gasteiger partial charge in [-0.15, -0.1) is 0 Å². The van der Waals surface area contributed by atoms with Crippen LogP contribution in [0.2, 0.25) is 10.0 Å². The van der Waals surface area contributed by atoms with Gasteiger partial charge in [0.1, 0.15) is 6.04 Å². The molecular weight excluding hydrogens is 287 g/mol. The Morgan fingerprint density at radius 1 is 1.37 bits per heavy atom. The number of hydrogen-bond donors (Lipinski definition) is 2. The SMILES string of the molecule is CC(C)C1Nc2cc(Cl)c(Cl)cc2N(CCO)C1=O. The molecular formula is C13H16Cl2N2O2. The van der Waals surface area contributed by atoms with Crippen LogP contribution >= 0.6 is 23.2 Å². The number of nitrogens with zero attached hydrogens (tertiary/aromatic N) is 1. The Hall–Kier alpha value is -0.970. The van der Waals surface area contributed by atoms with Crippen LogP contribution in [0, 0.1) is 5.92 Å². The number of fused-ring (bicyclic) bond motifs is 1. The number of carbonyl (C=O) groups is 1. The maximum absolute atomic E-state index is 12.4. The summed E-state index contributed by atoms with van der Waals surface area (Å²) >= 11 is 12.0. The van der Waals surface area contributed by atoms with E-state index in [1.807, 2.05) is 13.8 Å². The van der Waals surface area contributed by atoms with Gasteiger partial charge < -0.3 is 15.3 Å². The van der Waals surface area contributed by atoms with Crippen LogP contribution in [-0.4, -0.2) is 30.2 Å². The predicted molar refractivity (Wildman–Crippen MR) is 78.1 cm³/mol. The number of halogens is 2. The van der Waals surface area contributed by atoms with Gasteiger partial charge in [0.15, 0.2) is 0 Å². The zero-order chi connectivity index (χ0) is 14.2. The number of amides is 1. The van der Waals surface area contributed by atoms with Crippen LogP contribution in [0.15, 0.2) is 12.1 Å². The summed E-state index contributed by atoms with van der Waals surface area (Å²) in [5, 5.41) is 13.2. The lowest BCUT2D eigenvalue weighted by Gasteiger charge is -2.37. The van der Waals surface area contributed by atoms with E-state index in [2.05, 4.69) is 5.32 Å². The van der Waals surface area contributed by atoms with E-state index in [1.54, 1.807) is 17.0 Å². The third kappa shape index (κ3) is 2.66. The van der Waals surface area contributed by atoms with E-state index in [0.29, 0.717) is 15.7 Å². The van der Waals surface area contributed by atoms with Crippen molar-refractivity contribution in [2.75, 3.05) is 23.4 Å². The summed E-state index contributed by atoms with van der Waals surface area (Å²) in [7, 11) is 0. The Balaban J connectivity index is 2.49. The van der Waals surface area contributed by atoms with Gasteiger partial charge in [-0.2, -0.15) is 0 Å². The summed E-state index contributed by atoms with van der Waals surface area (Å²) in [6.07, 6.45) is 0. The molecule has 0 aliphatic carbocycles. The van der Waals surface area contributed by atoms with Crippen LogP contribution in [0.3, 0.4) is 0 Å². The number of β-amino-alcohol motifs (C(OH)–C–C–N with tert-alkyl or cyclic N) is 1. The van der Waals surface area contributed by atoms with Crippen LogP contribution < -0.4 is 10.2 Å². The van der Waals surface area contributed by atoms with E-state index in [1.165, 1.54) is 0 Å². The van der Waals surface area contributed by atoms with E-state index in [0.717, 1.165) is 5.69 Å². The molecule has 1 aromatic carbocycles. The number of rotatable bonds is 3. The molecule has 0 saturated heterocycles. The van der Waals surface area contributed by atoms with Crippen molar-refractivity contribution in [1.82, 2.24) is 0 Å². The van der Waals surface area contributed by atoms with Gasteiger partial charge in [-0.25, -0.2) is 0 Å². The fraction of sp³-hybridized carbons (Fsp3) is 0.462. The molecule has 1 atom stereocenters. The number of aliphatic hydroxyl groups excluding tert-OH is 1. The number of carbonyl (C=O) groups excluding carboxylic acids is 1. The molecule has 19 heavy (non-hydrogen) atoms. The van der Waals surface area contributed by atoms with Gasteiger partial charge >= 0.3 is 0 Å². The molecule has 0 bridgehead atoms. The second-order valence-electron chi connectivity index (χ2n) is 4.86. The maximum Gasteiger partial charge on any atom is 0.249 e. The van der Waals surface area contributed by atoms with Crippen LogP contribution in [0.4, 0.5) is 11.4 Å². The zero-order valence-electron chi connectivity index (χ0n) is 10.8. The lowest BCUT2D eigenvalue weighted by molar-refractivity contribution is -0.120. The molecule has 2 rings (SSSR count). The molecule has 1 aliphatic heterocycles. The first-order valence-corrected chi connectivity index (χ1v) is 6.89. The third-order valence-corrected chi connectivity index (χ3v) is 3.88. The largest absolute Gasteiger partial charge is 0.395 e. The molecule has 0 fully saturated rings. The normalized spacial score (nSPS) is 18.5. The average molecular weight is 303 g/mol. The van der Waals surface area contributed by atoms with Gasteiger partial charge in [-0.1, -0.05) is 37.0 Å². The number of nitrogens with one attached hydrogen (secondary N) is 1. The molecule has 0 saturated carbocycles. The third-order valence-electron chi connectivity index (χ3n) is 3.16. The second-order valence-corrected chi connectivity index (χ2v) is 5.68. The summed E-state index contributed by atoms with van der Waals surface area (Å²) in [4.78, 5) is 13.9. The predicted octanol–water partition coefficient (Wildman–Crippen LogP) is 2.77. The van der Waals surface area contributed by atoms with Crippen LogP contribution in [0.25, 0.3) is 0 Å². The lowest BCUT2D eigenvalue weighted by atomic mass is 9.99. The van der Waals surface area contributed by atoms with Crippen molar-refractivity contribution in [2.45, 2.75) is 19.9 Å². The summed E-state index contributed by atoms with van der Waals surface area (Å²) in [6, 6.07) is 3.04. The molecule has 1 aromatic rings. The summed E-state index contributed by atoms with van der Waals surface area (Å²) in [6.45, 7) is 4.08. The molecule has 0 spiro atoms. The molecule has 1 unspecified atom stereocenters. The maximum atomic E-state index is 12.4. The molecule has 1 amide bonds. The summed E-state index contributed by atoms with van der Waals surface area (Å²) < 4.78 is 0. The monoisotopic (exact) mass is 302 g/mol. The van der Waals surface area contributed by atoms with Crippen LogP contribution in [0.5, 0.6) is 0 Å². The highest BCUT2D eigenvalue weighted by Crippen LogP contribution is 2.38. The molecule has 4 nitrogen and oxygen atoms in total. The van der Waals surface area contributed by atoms with E-state index < -0.39 is 0 Å². The van der Waals surface area contributed by atoms with Crippen molar-refractivity contribution in [1.29, 1.82) is 0 Å². The number of benzene rings is 1. The Morgan fingerprint density at radius 2 is 2.00 bits per heavy atom. The highest BCUT2D eigenvalue weighted by molar-refractivity contribution is 6.42. The van der Waals surface area contributed by atoms with Gasteiger partial charge in [-0.05, 0) is 18.1 Å². The van der Waals surface area contributed by atoms with E-state index in [4.69, 9.17) is 28.3 Å². The standard InChI is InChI=1S/C13H16Cl2N2O2/c1-7(2)12-13(19)17(3-4-18)11-6-9(15)8(14)5-10(11)16-12/h5-7,12,16,18H,3-4H2,1-2H3. The topological polar surface area (TPSA) is 52.6 Å². The van der Waals surface area contributed by atoms with Crippen molar-refractivity contribution < 1.29 is 9.90 Å². The molecule has 1 aliphatic rings. The van der Waals surface area contributed by atoms with Gasteiger partial charge in [0.25, 0.3) is 0 Å². The molecule has 0 aromatic heterocycles. The molecule has 6 heteroatoms. The van der Waals surface area contributed by atoms with Crippen molar-refractivity contribution in [2.24, 2.45) is 5.92 Å². The first kappa shape index (κ1) is 14.4. The fourth-order valence-electron chi connectivity index (χ4n) is 2.17. The van der Waals surface area contributed by atoms with Gasteiger partial charge in [-0.3, -0.25) is 4.79 Å². The van der Waals surface area contributed by atoms with E-state index in [-0.39, 0.29) is 31.0 Å². The number of hydrogen-bond acceptors (Lipinski definition) is 3. The molecule has 0 radical (unpaired) electrons. The average Bonchev–Trinajstić information content (AvgIpc) is 2.35. The minimum absolute atomic E-state index is 0.0602. The van der Waals surface area contributed by atoms with Crippen molar-refractivity contribution in [3.05, 3.63) is 22.2 Å². The van der Waals surface area contributed by atoms with Crippen molar-refractivity contribution in [3.8, 4) is 0 Å². The highest BCUT2D eigenvalue weighted by Gasteiger charge is 2.34. The Labute approximate surface area is 122 Å². The fourth-order valence-corrected chi connectivity index (χ4v) is 2.50. The Morgan fingerprint density at radius 3 is 2.58 bits per heavy atom. The second kappa shape index (κ2) is 5.57. The Kier molecular flexibility index (Phi) is 4.23. The number of aliphatic hydroxyl groups is 1. The quantitative estimate of drug-likeness (QED) is 0.903. The molecule has 1 heterocycles. The van der Waals surface area contributed by atoms with Crippen molar-refractivity contribution >= 4 is 40.5 Å². The first-order valence-electron chi connectivity index (χ1n) is 6.13. The minimum atomic E-state index is -0.323. The zero-order valence-corrected chi connectivity index (χ0v) is 12.3. The minimum Gasteiger partial charge on any atom is -0.395 e. The first-order chi connectivity index (χ1) is 8.95. The Bertz CT molecular complexity index is 506. The number of anilines is 2. The summed E-state index contributed by atoms with van der Waals surface area (Å²) in [5.41, 5.74) is 1.42. The van der Waals surface area contributed by atoms with Gasteiger partial charge in [0.05, 0.1) is 28.0 Å². The van der Waals surface area contributed by atoms with E-state index in [9.17, 15) is 4.79 Å². The highest BCUT2D eigenvalue weighted by atomic mass is 35.5. The van der Waals surface area contributed by atoms with Crippen LogP contribution in [-0.2, 0) is 4.79 Å². The lowest BCUT2D eigenvalue weighted by Crippen LogP contribution is -2.50. The van der Waals surface area contributed by atoms with Crippen molar-refractivity contribution in [3.63, 3.8) is 0 Å². The summed E-state index contributed by atoms with van der Waals surface area (Å²) in [5.74, 6) is 0.0752. The molecule has 104 valence electrons. The van der Waals surface area contributed by atoms with Gasteiger partial charge in [0.2, 0.25) is 5.91 Å². The van der Waals surface area contributed by atoms with Gasteiger partial charge in [0, 0.05) is 6.54 Å².